The fourth-order valence-corrected chi connectivity index (χ4v) is 2.75. The molecule has 3 aromatic rings. The van der Waals surface area contributed by atoms with Crippen molar-refractivity contribution >= 4 is 17.1 Å². The average Bonchev–Trinajstić information content (AvgIpc) is 3.27. The van der Waals surface area contributed by atoms with Crippen LogP contribution in [-0.2, 0) is 6.54 Å². The van der Waals surface area contributed by atoms with Gasteiger partial charge >= 0.3 is 0 Å². The van der Waals surface area contributed by atoms with Gasteiger partial charge in [0.25, 0.3) is 0 Å². The molecule has 0 saturated heterocycles. The summed E-state index contributed by atoms with van der Waals surface area (Å²) < 4.78 is 10.5. The number of fused-ring (bicyclic) bond motifs is 1. The maximum atomic E-state index is 12.3. The molecule has 1 aromatic carbocycles. The minimum Gasteiger partial charge on any atom is -0.454 e. The number of hydrogen-bond acceptors (Lipinski definition) is 7. The summed E-state index contributed by atoms with van der Waals surface area (Å²) in [4.78, 5) is 14.5. The largest absolute Gasteiger partial charge is 0.454 e. The van der Waals surface area contributed by atoms with Crippen molar-refractivity contribution in [3.05, 3.63) is 41.3 Å². The predicted molar refractivity (Wildman–Crippen MR) is 78.0 cm³/mol. The van der Waals surface area contributed by atoms with E-state index in [2.05, 4.69) is 15.4 Å². The first-order valence-corrected chi connectivity index (χ1v) is 7.42. The zero-order chi connectivity index (χ0) is 14.9. The molecular formula is C14H10N4O3S. The van der Waals surface area contributed by atoms with Crippen molar-refractivity contribution in [2.45, 2.75) is 6.54 Å². The molecule has 0 amide bonds. The molecule has 1 aliphatic rings. The van der Waals surface area contributed by atoms with Gasteiger partial charge in [-0.2, -0.15) is 4.80 Å². The Hall–Kier alpha value is -2.74. The van der Waals surface area contributed by atoms with E-state index in [4.69, 9.17) is 9.47 Å². The highest BCUT2D eigenvalue weighted by Crippen LogP contribution is 2.32. The first-order chi connectivity index (χ1) is 10.8. The molecule has 1 aliphatic heterocycles. The normalized spacial score (nSPS) is 12.5. The van der Waals surface area contributed by atoms with E-state index in [1.807, 2.05) is 17.5 Å². The molecule has 3 heterocycles. The van der Waals surface area contributed by atoms with Crippen LogP contribution in [0.1, 0.15) is 10.4 Å². The van der Waals surface area contributed by atoms with Crippen LogP contribution >= 0.6 is 11.3 Å². The van der Waals surface area contributed by atoms with Gasteiger partial charge in [-0.25, -0.2) is 0 Å². The van der Waals surface area contributed by atoms with E-state index in [1.165, 1.54) is 16.1 Å². The second-order valence-corrected chi connectivity index (χ2v) is 5.56. The molecule has 0 bridgehead atoms. The molecule has 22 heavy (non-hydrogen) atoms. The topological polar surface area (TPSA) is 79.1 Å². The Bertz CT molecular complexity index is 828. The molecule has 7 nitrogen and oxygen atoms in total. The zero-order valence-corrected chi connectivity index (χ0v) is 12.1. The van der Waals surface area contributed by atoms with Gasteiger partial charge in [0.2, 0.25) is 12.6 Å². The summed E-state index contributed by atoms with van der Waals surface area (Å²) in [7, 11) is 0. The van der Waals surface area contributed by atoms with Crippen LogP contribution in [0.15, 0.2) is 35.7 Å². The highest BCUT2D eigenvalue weighted by atomic mass is 32.1. The molecule has 0 atom stereocenters. The van der Waals surface area contributed by atoms with E-state index in [-0.39, 0.29) is 19.1 Å². The minimum atomic E-state index is -0.117. The average molecular weight is 314 g/mol. The standard InChI is InChI=1S/C14H10N4O3S/c19-10(9-3-4-11-12(6-9)21-8-20-11)7-18-16-14(15-17-18)13-2-1-5-22-13/h1-6H,7-8H2. The third-order valence-electron chi connectivity index (χ3n) is 3.17. The zero-order valence-electron chi connectivity index (χ0n) is 11.3. The third-order valence-corrected chi connectivity index (χ3v) is 4.04. The van der Waals surface area contributed by atoms with Crippen LogP contribution in [0.4, 0.5) is 0 Å². The highest BCUT2D eigenvalue weighted by Gasteiger charge is 2.17. The van der Waals surface area contributed by atoms with Gasteiger partial charge < -0.3 is 9.47 Å². The van der Waals surface area contributed by atoms with Crippen molar-refractivity contribution in [3.8, 4) is 22.2 Å². The molecule has 0 N–H and O–H groups in total. The van der Waals surface area contributed by atoms with E-state index < -0.39 is 0 Å². The fraction of sp³-hybridized carbons (Fsp3) is 0.143. The fourth-order valence-electron chi connectivity index (χ4n) is 2.10. The van der Waals surface area contributed by atoms with Crippen LogP contribution in [0.5, 0.6) is 11.5 Å². The molecule has 0 radical (unpaired) electrons. The maximum Gasteiger partial charge on any atom is 0.231 e. The van der Waals surface area contributed by atoms with E-state index >= 15 is 0 Å². The Morgan fingerprint density at radius 1 is 1.27 bits per heavy atom. The Morgan fingerprint density at radius 2 is 2.18 bits per heavy atom. The summed E-state index contributed by atoms with van der Waals surface area (Å²) in [5, 5.41) is 14.0. The second kappa shape index (κ2) is 5.23. The minimum absolute atomic E-state index is 0.0258. The molecular weight excluding hydrogens is 304 g/mol. The number of ether oxygens (including phenoxy) is 2. The van der Waals surface area contributed by atoms with Crippen molar-refractivity contribution < 1.29 is 14.3 Å². The van der Waals surface area contributed by atoms with Crippen LogP contribution in [0.3, 0.4) is 0 Å². The Balaban J connectivity index is 1.52. The molecule has 110 valence electrons. The van der Waals surface area contributed by atoms with Crippen LogP contribution in [0.25, 0.3) is 10.7 Å². The van der Waals surface area contributed by atoms with Crippen molar-refractivity contribution in [1.82, 2.24) is 20.2 Å². The molecule has 2 aromatic heterocycles. The number of carbonyl (C=O) groups is 1. The quantitative estimate of drug-likeness (QED) is 0.685. The van der Waals surface area contributed by atoms with Crippen LogP contribution in [-0.4, -0.2) is 32.8 Å². The van der Waals surface area contributed by atoms with Gasteiger partial charge in [0.05, 0.1) is 4.88 Å². The summed E-state index contributed by atoms with van der Waals surface area (Å²) >= 11 is 1.52. The van der Waals surface area contributed by atoms with Crippen molar-refractivity contribution in [2.75, 3.05) is 6.79 Å². The van der Waals surface area contributed by atoms with Crippen LogP contribution < -0.4 is 9.47 Å². The van der Waals surface area contributed by atoms with Crippen molar-refractivity contribution in [3.63, 3.8) is 0 Å². The van der Waals surface area contributed by atoms with E-state index in [9.17, 15) is 4.79 Å². The van der Waals surface area contributed by atoms with Crippen LogP contribution in [0.2, 0.25) is 0 Å². The Labute approximate surface area is 129 Å². The second-order valence-electron chi connectivity index (χ2n) is 4.61. The first kappa shape index (κ1) is 13.0. The molecule has 0 saturated carbocycles. The predicted octanol–water partition coefficient (Wildman–Crippen LogP) is 2.01. The van der Waals surface area contributed by atoms with Crippen molar-refractivity contribution in [1.29, 1.82) is 0 Å². The van der Waals surface area contributed by atoms with E-state index in [1.54, 1.807) is 18.2 Å². The lowest BCUT2D eigenvalue weighted by molar-refractivity contribution is 0.0961. The molecule has 0 fully saturated rings. The van der Waals surface area contributed by atoms with Gasteiger partial charge in [0.1, 0.15) is 6.54 Å². The highest BCUT2D eigenvalue weighted by molar-refractivity contribution is 7.13. The van der Waals surface area contributed by atoms with E-state index in [0.717, 1.165) is 4.88 Å². The monoisotopic (exact) mass is 314 g/mol. The summed E-state index contributed by atoms with van der Waals surface area (Å²) in [6.07, 6.45) is 0. The number of carbonyl (C=O) groups excluding carboxylic acids is 1. The third kappa shape index (κ3) is 2.33. The van der Waals surface area contributed by atoms with Gasteiger partial charge in [-0.1, -0.05) is 6.07 Å². The van der Waals surface area contributed by atoms with Gasteiger partial charge in [-0.05, 0) is 34.9 Å². The van der Waals surface area contributed by atoms with Gasteiger partial charge in [-0.15, -0.1) is 21.5 Å². The van der Waals surface area contributed by atoms with Gasteiger partial charge in [-0.3, -0.25) is 4.79 Å². The van der Waals surface area contributed by atoms with E-state index in [0.29, 0.717) is 22.9 Å². The number of rotatable bonds is 4. The number of benzene rings is 1. The molecule has 0 aliphatic carbocycles. The van der Waals surface area contributed by atoms with Gasteiger partial charge in [0.15, 0.2) is 17.3 Å². The Morgan fingerprint density at radius 3 is 3.05 bits per heavy atom. The lowest BCUT2D eigenvalue weighted by atomic mass is 10.1. The summed E-state index contributed by atoms with van der Waals surface area (Å²) in [5.41, 5.74) is 0.527. The number of thiophene rings is 1. The first-order valence-electron chi connectivity index (χ1n) is 6.54. The number of aromatic nitrogens is 4. The SMILES string of the molecule is O=C(Cn1nnc(-c2cccs2)n1)c1ccc2c(c1)OCO2. The maximum absolute atomic E-state index is 12.3. The summed E-state index contributed by atoms with van der Waals surface area (Å²) in [5.74, 6) is 1.63. The molecule has 8 heteroatoms. The lowest BCUT2D eigenvalue weighted by Crippen LogP contribution is -2.13. The smallest absolute Gasteiger partial charge is 0.231 e. The lowest BCUT2D eigenvalue weighted by Gasteiger charge is -2.01. The number of tetrazole rings is 1. The number of Topliss-reactive ketones (excluding diaryl/α,β-unsaturated/α-hetero) is 1. The molecule has 0 spiro atoms. The molecule has 4 rings (SSSR count). The molecule has 0 unspecified atom stereocenters. The summed E-state index contributed by atoms with van der Waals surface area (Å²) in [6.45, 7) is 0.208. The summed E-state index contributed by atoms with van der Waals surface area (Å²) in [6, 6.07) is 8.92. The number of nitrogens with zero attached hydrogens (tertiary/aromatic N) is 4. The van der Waals surface area contributed by atoms with Gasteiger partial charge in [0, 0.05) is 5.56 Å². The van der Waals surface area contributed by atoms with Crippen molar-refractivity contribution in [2.24, 2.45) is 0 Å². The number of hydrogen-bond donors (Lipinski definition) is 0. The van der Waals surface area contributed by atoms with Crippen LogP contribution in [0, 0.1) is 0 Å². The number of ketones is 1. The Kier molecular flexibility index (Phi) is 3.08.